The molecule has 0 amide bonds. The van der Waals surface area contributed by atoms with Gasteiger partial charge >= 0.3 is 5.97 Å². The molecule has 3 nitrogen and oxygen atoms in total. The van der Waals surface area contributed by atoms with E-state index in [0.717, 1.165) is 45.1 Å². The van der Waals surface area contributed by atoms with Gasteiger partial charge < -0.3 is 9.47 Å². The number of methoxy groups -OCH3 is 1. The van der Waals surface area contributed by atoms with E-state index in [1.807, 2.05) is 0 Å². The predicted molar refractivity (Wildman–Crippen MR) is 63.2 cm³/mol. The molecule has 0 unspecified atom stereocenters. The van der Waals surface area contributed by atoms with E-state index >= 15 is 0 Å². The van der Waals surface area contributed by atoms with Crippen LogP contribution >= 0.6 is 0 Å². The number of rotatable bonds is 6. The quantitative estimate of drug-likeness (QED) is 0.397. The first-order valence-corrected chi connectivity index (χ1v) is 5.97. The molecule has 3 heteroatoms. The molecule has 0 saturated heterocycles. The van der Waals surface area contributed by atoms with Crippen LogP contribution in [0.4, 0.5) is 0 Å². The molecule has 0 atom stereocenters. The van der Waals surface area contributed by atoms with E-state index < -0.39 is 0 Å². The second-order valence-electron chi connectivity index (χ2n) is 4.66. The molecule has 0 aromatic carbocycles. The number of esters is 1. The Labute approximate surface area is 97.8 Å². The summed E-state index contributed by atoms with van der Waals surface area (Å²) in [6.45, 7) is 6.05. The molecule has 0 aromatic heterocycles. The summed E-state index contributed by atoms with van der Waals surface area (Å²) in [6, 6.07) is 0. The van der Waals surface area contributed by atoms with Crippen LogP contribution in [0.3, 0.4) is 0 Å². The van der Waals surface area contributed by atoms with Crippen molar-refractivity contribution in [1.82, 2.24) is 0 Å². The summed E-state index contributed by atoms with van der Waals surface area (Å²) in [5.41, 5.74) is 0.243. The molecule has 0 aromatic rings. The third kappa shape index (κ3) is 3.63. The average molecular weight is 226 g/mol. The van der Waals surface area contributed by atoms with Gasteiger partial charge in [-0.05, 0) is 45.4 Å². The standard InChI is InChI=1S/C13H22O3/c1-11(2)12(14)16-13(7-4-5-8-13)9-6-10-15-3/h1,4-10H2,2-3H3. The first-order chi connectivity index (χ1) is 7.59. The molecule has 0 N–H and O–H groups in total. The van der Waals surface area contributed by atoms with Crippen LogP contribution in [-0.4, -0.2) is 25.3 Å². The van der Waals surface area contributed by atoms with E-state index in [1.165, 1.54) is 0 Å². The van der Waals surface area contributed by atoms with Gasteiger partial charge in [0.1, 0.15) is 5.60 Å². The summed E-state index contributed by atoms with van der Waals surface area (Å²) in [6.07, 6.45) is 6.11. The van der Waals surface area contributed by atoms with Crippen molar-refractivity contribution >= 4 is 5.97 Å². The Hall–Kier alpha value is -0.830. The van der Waals surface area contributed by atoms with E-state index in [0.29, 0.717) is 5.57 Å². The van der Waals surface area contributed by atoms with Gasteiger partial charge in [0, 0.05) is 19.3 Å². The van der Waals surface area contributed by atoms with Crippen LogP contribution in [0.2, 0.25) is 0 Å². The molecule has 1 fully saturated rings. The molecule has 1 rings (SSSR count). The van der Waals surface area contributed by atoms with Crippen molar-refractivity contribution in [2.45, 2.75) is 51.0 Å². The second-order valence-corrected chi connectivity index (χ2v) is 4.66. The summed E-state index contributed by atoms with van der Waals surface area (Å²) in [5, 5.41) is 0. The monoisotopic (exact) mass is 226 g/mol. The Balaban J connectivity index is 2.51. The Morgan fingerprint density at radius 1 is 1.38 bits per heavy atom. The van der Waals surface area contributed by atoms with Gasteiger partial charge in [-0.3, -0.25) is 0 Å². The van der Waals surface area contributed by atoms with E-state index in [-0.39, 0.29) is 11.6 Å². The highest BCUT2D eigenvalue weighted by Crippen LogP contribution is 2.37. The zero-order valence-electron chi connectivity index (χ0n) is 10.4. The molecule has 0 bridgehead atoms. The Kier molecular flexibility index (Phi) is 5.00. The van der Waals surface area contributed by atoms with Crippen molar-refractivity contribution in [2.75, 3.05) is 13.7 Å². The van der Waals surface area contributed by atoms with Crippen molar-refractivity contribution in [3.63, 3.8) is 0 Å². The van der Waals surface area contributed by atoms with Gasteiger partial charge in [-0.25, -0.2) is 4.79 Å². The zero-order chi connectivity index (χ0) is 12.0. The van der Waals surface area contributed by atoms with Crippen LogP contribution in [0.15, 0.2) is 12.2 Å². The summed E-state index contributed by atoms with van der Waals surface area (Å²) in [5.74, 6) is -0.251. The minimum atomic E-state index is -0.251. The normalized spacial score (nSPS) is 18.4. The number of ether oxygens (including phenoxy) is 2. The summed E-state index contributed by atoms with van der Waals surface area (Å²) < 4.78 is 10.7. The number of carbonyl (C=O) groups excluding carboxylic acids is 1. The highest BCUT2D eigenvalue weighted by Gasteiger charge is 2.37. The lowest BCUT2D eigenvalue weighted by Crippen LogP contribution is -2.32. The second kappa shape index (κ2) is 6.04. The van der Waals surface area contributed by atoms with E-state index in [9.17, 15) is 4.79 Å². The topological polar surface area (TPSA) is 35.5 Å². The first kappa shape index (κ1) is 13.2. The number of hydrogen-bond acceptors (Lipinski definition) is 3. The summed E-state index contributed by atoms with van der Waals surface area (Å²) in [4.78, 5) is 11.6. The highest BCUT2D eigenvalue weighted by molar-refractivity contribution is 5.87. The maximum absolute atomic E-state index is 11.6. The third-order valence-corrected chi connectivity index (χ3v) is 3.15. The Morgan fingerprint density at radius 2 is 2.00 bits per heavy atom. The van der Waals surface area contributed by atoms with E-state index in [4.69, 9.17) is 9.47 Å². The Morgan fingerprint density at radius 3 is 2.50 bits per heavy atom. The fourth-order valence-electron chi connectivity index (χ4n) is 2.24. The van der Waals surface area contributed by atoms with Crippen LogP contribution < -0.4 is 0 Å². The molecule has 0 heterocycles. The molecule has 0 aliphatic heterocycles. The SMILES string of the molecule is C=C(C)C(=O)OC1(CCCOC)CCCC1. The smallest absolute Gasteiger partial charge is 0.333 e. The largest absolute Gasteiger partial charge is 0.456 e. The van der Waals surface area contributed by atoms with Gasteiger partial charge in [0.2, 0.25) is 0 Å². The van der Waals surface area contributed by atoms with Crippen LogP contribution in [0.1, 0.15) is 45.4 Å². The molecule has 16 heavy (non-hydrogen) atoms. The van der Waals surface area contributed by atoms with Crippen LogP contribution in [0.25, 0.3) is 0 Å². The van der Waals surface area contributed by atoms with Crippen LogP contribution in [0.5, 0.6) is 0 Å². The van der Waals surface area contributed by atoms with Gasteiger partial charge in [-0.15, -0.1) is 0 Å². The molecule has 0 radical (unpaired) electrons. The fourth-order valence-corrected chi connectivity index (χ4v) is 2.24. The van der Waals surface area contributed by atoms with E-state index in [2.05, 4.69) is 6.58 Å². The van der Waals surface area contributed by atoms with Crippen molar-refractivity contribution in [3.05, 3.63) is 12.2 Å². The van der Waals surface area contributed by atoms with Gasteiger partial charge in [0.25, 0.3) is 0 Å². The molecule has 1 aliphatic rings. The van der Waals surface area contributed by atoms with Crippen molar-refractivity contribution in [2.24, 2.45) is 0 Å². The van der Waals surface area contributed by atoms with Gasteiger partial charge in [0.05, 0.1) is 0 Å². The minimum absolute atomic E-state index is 0.242. The zero-order valence-corrected chi connectivity index (χ0v) is 10.4. The Bertz CT molecular complexity index is 252. The molecule has 92 valence electrons. The lowest BCUT2D eigenvalue weighted by molar-refractivity contribution is -0.155. The fraction of sp³-hybridized carbons (Fsp3) is 0.769. The maximum Gasteiger partial charge on any atom is 0.333 e. The lowest BCUT2D eigenvalue weighted by atomic mass is 9.95. The lowest BCUT2D eigenvalue weighted by Gasteiger charge is -2.29. The van der Waals surface area contributed by atoms with E-state index in [1.54, 1.807) is 14.0 Å². The van der Waals surface area contributed by atoms with Crippen molar-refractivity contribution in [1.29, 1.82) is 0 Å². The molecule has 1 aliphatic carbocycles. The summed E-state index contributed by atoms with van der Waals surface area (Å²) >= 11 is 0. The average Bonchev–Trinajstić information content (AvgIpc) is 2.67. The highest BCUT2D eigenvalue weighted by atomic mass is 16.6. The van der Waals surface area contributed by atoms with Crippen LogP contribution in [0, 0.1) is 0 Å². The molecular weight excluding hydrogens is 204 g/mol. The minimum Gasteiger partial charge on any atom is -0.456 e. The number of carbonyl (C=O) groups is 1. The number of hydrogen-bond donors (Lipinski definition) is 0. The molecular formula is C13H22O3. The maximum atomic E-state index is 11.6. The molecule has 0 spiro atoms. The van der Waals surface area contributed by atoms with Gasteiger partial charge in [-0.2, -0.15) is 0 Å². The van der Waals surface area contributed by atoms with Crippen LogP contribution in [-0.2, 0) is 14.3 Å². The summed E-state index contributed by atoms with van der Waals surface area (Å²) in [7, 11) is 1.70. The predicted octanol–water partition coefficient (Wildman–Crippen LogP) is 2.85. The van der Waals surface area contributed by atoms with Crippen molar-refractivity contribution in [3.8, 4) is 0 Å². The van der Waals surface area contributed by atoms with Gasteiger partial charge in [-0.1, -0.05) is 6.58 Å². The van der Waals surface area contributed by atoms with Gasteiger partial charge in [0.15, 0.2) is 0 Å². The third-order valence-electron chi connectivity index (χ3n) is 3.15. The van der Waals surface area contributed by atoms with Crippen molar-refractivity contribution < 1.29 is 14.3 Å². The molecule has 1 saturated carbocycles. The first-order valence-electron chi connectivity index (χ1n) is 5.97.